The molecule has 0 heterocycles. The second-order valence-corrected chi connectivity index (χ2v) is 4.32. The van der Waals surface area contributed by atoms with E-state index < -0.39 is 0 Å². The van der Waals surface area contributed by atoms with Crippen LogP contribution in [0.4, 0.5) is 8.78 Å². The highest BCUT2D eigenvalue weighted by Crippen LogP contribution is 2.34. The van der Waals surface area contributed by atoms with Crippen molar-refractivity contribution in [3.05, 3.63) is 35.4 Å². The SMILES string of the molecule is Fc1cccc(F)c1C1CCCCCC1. The first kappa shape index (κ1) is 10.6. The normalized spacial score (nSPS) is 18.8. The molecule has 0 bridgehead atoms. The summed E-state index contributed by atoms with van der Waals surface area (Å²) in [5.41, 5.74) is 0.319. The molecule has 0 radical (unpaired) electrons. The van der Waals surface area contributed by atoms with Crippen LogP contribution in [0.5, 0.6) is 0 Å². The molecule has 0 nitrogen and oxygen atoms in total. The third-order valence-electron chi connectivity index (χ3n) is 3.26. The highest BCUT2D eigenvalue weighted by atomic mass is 19.1. The van der Waals surface area contributed by atoms with Crippen molar-refractivity contribution in [3.8, 4) is 0 Å². The number of halogens is 2. The van der Waals surface area contributed by atoms with Crippen LogP contribution in [-0.2, 0) is 0 Å². The smallest absolute Gasteiger partial charge is 0.129 e. The van der Waals surface area contributed by atoms with E-state index in [1.807, 2.05) is 0 Å². The molecule has 0 aliphatic heterocycles. The van der Waals surface area contributed by atoms with Crippen molar-refractivity contribution in [2.45, 2.75) is 44.4 Å². The van der Waals surface area contributed by atoms with Crippen LogP contribution >= 0.6 is 0 Å². The van der Waals surface area contributed by atoms with Gasteiger partial charge in [-0.2, -0.15) is 0 Å². The Hall–Kier alpha value is -0.920. The molecule has 0 saturated heterocycles. The van der Waals surface area contributed by atoms with Crippen molar-refractivity contribution >= 4 is 0 Å². The van der Waals surface area contributed by atoms with Gasteiger partial charge in [-0.1, -0.05) is 31.7 Å². The quantitative estimate of drug-likeness (QED) is 0.602. The molecule has 1 fully saturated rings. The van der Waals surface area contributed by atoms with E-state index in [4.69, 9.17) is 0 Å². The molecule has 0 spiro atoms. The standard InChI is InChI=1S/C13H16F2/c14-11-8-5-9-12(15)13(11)10-6-3-1-2-4-7-10/h5,8-10H,1-4,6-7H2. The van der Waals surface area contributed by atoms with Crippen molar-refractivity contribution in [1.29, 1.82) is 0 Å². The van der Waals surface area contributed by atoms with Crippen molar-refractivity contribution in [1.82, 2.24) is 0 Å². The molecule has 1 saturated carbocycles. The monoisotopic (exact) mass is 210 g/mol. The minimum Gasteiger partial charge on any atom is -0.207 e. The van der Waals surface area contributed by atoms with Crippen molar-refractivity contribution in [2.75, 3.05) is 0 Å². The fraction of sp³-hybridized carbons (Fsp3) is 0.538. The van der Waals surface area contributed by atoms with Crippen LogP contribution in [0.1, 0.15) is 50.0 Å². The third-order valence-corrected chi connectivity index (χ3v) is 3.26. The van der Waals surface area contributed by atoms with Gasteiger partial charge in [0.05, 0.1) is 0 Å². The van der Waals surface area contributed by atoms with Gasteiger partial charge < -0.3 is 0 Å². The van der Waals surface area contributed by atoms with Gasteiger partial charge in [-0.3, -0.25) is 0 Å². The van der Waals surface area contributed by atoms with Crippen molar-refractivity contribution < 1.29 is 8.78 Å². The first-order valence-electron chi connectivity index (χ1n) is 5.73. The fourth-order valence-corrected chi connectivity index (χ4v) is 2.47. The first-order chi connectivity index (χ1) is 7.29. The Balaban J connectivity index is 2.26. The van der Waals surface area contributed by atoms with Crippen LogP contribution < -0.4 is 0 Å². The molecule has 2 rings (SSSR count). The molecule has 0 amide bonds. The molecule has 0 aromatic heterocycles. The number of benzene rings is 1. The maximum atomic E-state index is 13.5. The van der Waals surface area contributed by atoms with Gasteiger partial charge in [0.15, 0.2) is 0 Å². The summed E-state index contributed by atoms with van der Waals surface area (Å²) in [5, 5.41) is 0. The predicted octanol–water partition coefficient (Wildman–Crippen LogP) is 4.40. The molecule has 0 unspecified atom stereocenters. The predicted molar refractivity (Wildman–Crippen MR) is 56.8 cm³/mol. The van der Waals surface area contributed by atoms with Crippen LogP contribution in [0.25, 0.3) is 0 Å². The molecule has 1 aromatic carbocycles. The Morgan fingerprint density at radius 1 is 0.867 bits per heavy atom. The number of rotatable bonds is 1. The van der Waals surface area contributed by atoms with Gasteiger partial charge in [-0.15, -0.1) is 0 Å². The molecule has 1 aromatic rings. The molecule has 82 valence electrons. The highest BCUT2D eigenvalue weighted by molar-refractivity contribution is 5.23. The van der Waals surface area contributed by atoms with Gasteiger partial charge in [0.25, 0.3) is 0 Å². The Bertz CT molecular complexity index is 305. The molecule has 1 aliphatic carbocycles. The maximum absolute atomic E-state index is 13.5. The van der Waals surface area contributed by atoms with Gasteiger partial charge >= 0.3 is 0 Å². The van der Waals surface area contributed by atoms with Gasteiger partial charge in [-0.25, -0.2) is 8.78 Å². The Kier molecular flexibility index (Phi) is 3.34. The topological polar surface area (TPSA) is 0 Å². The zero-order chi connectivity index (χ0) is 10.7. The van der Waals surface area contributed by atoms with Crippen LogP contribution in [0.15, 0.2) is 18.2 Å². The Morgan fingerprint density at radius 2 is 1.40 bits per heavy atom. The average Bonchev–Trinajstić information content (AvgIpc) is 2.46. The summed E-state index contributed by atoms with van der Waals surface area (Å²) >= 11 is 0. The summed E-state index contributed by atoms with van der Waals surface area (Å²) in [6.07, 6.45) is 6.45. The van der Waals surface area contributed by atoms with E-state index in [2.05, 4.69) is 0 Å². The number of hydrogen-bond acceptors (Lipinski definition) is 0. The summed E-state index contributed by atoms with van der Waals surface area (Å²) in [5.74, 6) is -0.655. The zero-order valence-corrected chi connectivity index (χ0v) is 8.81. The van der Waals surface area contributed by atoms with Gasteiger partial charge in [-0.05, 0) is 30.9 Å². The lowest BCUT2D eigenvalue weighted by Crippen LogP contribution is -2.03. The van der Waals surface area contributed by atoms with E-state index in [1.165, 1.54) is 31.0 Å². The second kappa shape index (κ2) is 4.73. The molecule has 15 heavy (non-hydrogen) atoms. The third kappa shape index (κ3) is 2.36. The van der Waals surface area contributed by atoms with E-state index in [9.17, 15) is 8.78 Å². The van der Waals surface area contributed by atoms with E-state index >= 15 is 0 Å². The fourth-order valence-electron chi connectivity index (χ4n) is 2.47. The van der Waals surface area contributed by atoms with Crippen molar-refractivity contribution in [2.24, 2.45) is 0 Å². The average molecular weight is 210 g/mol. The van der Waals surface area contributed by atoms with E-state index in [-0.39, 0.29) is 17.6 Å². The largest absolute Gasteiger partial charge is 0.207 e. The Labute approximate surface area is 89.3 Å². The lowest BCUT2D eigenvalue weighted by atomic mass is 9.91. The van der Waals surface area contributed by atoms with Gasteiger partial charge in [0.2, 0.25) is 0 Å². The summed E-state index contributed by atoms with van der Waals surface area (Å²) in [6, 6.07) is 4.16. The Morgan fingerprint density at radius 3 is 1.93 bits per heavy atom. The molecule has 2 heteroatoms. The molecule has 1 aliphatic rings. The molecule has 0 N–H and O–H groups in total. The molecular weight excluding hydrogens is 194 g/mol. The summed E-state index contributed by atoms with van der Waals surface area (Å²) in [7, 11) is 0. The van der Waals surface area contributed by atoms with Crippen LogP contribution in [0.3, 0.4) is 0 Å². The lowest BCUT2D eigenvalue weighted by molar-refractivity contribution is 0.493. The summed E-state index contributed by atoms with van der Waals surface area (Å²) in [6.45, 7) is 0. The van der Waals surface area contributed by atoms with E-state index in [0.717, 1.165) is 25.7 Å². The molecular formula is C13H16F2. The summed E-state index contributed by atoms with van der Waals surface area (Å²) < 4.78 is 27.1. The van der Waals surface area contributed by atoms with E-state index in [1.54, 1.807) is 0 Å². The van der Waals surface area contributed by atoms with Crippen LogP contribution in [-0.4, -0.2) is 0 Å². The highest BCUT2D eigenvalue weighted by Gasteiger charge is 2.20. The van der Waals surface area contributed by atoms with Gasteiger partial charge in [0.1, 0.15) is 11.6 Å². The zero-order valence-electron chi connectivity index (χ0n) is 8.81. The van der Waals surface area contributed by atoms with Crippen LogP contribution in [0, 0.1) is 11.6 Å². The van der Waals surface area contributed by atoms with Crippen molar-refractivity contribution in [3.63, 3.8) is 0 Å². The second-order valence-electron chi connectivity index (χ2n) is 4.32. The van der Waals surface area contributed by atoms with E-state index in [0.29, 0.717) is 5.56 Å². The summed E-state index contributed by atoms with van der Waals surface area (Å²) in [4.78, 5) is 0. The first-order valence-corrected chi connectivity index (χ1v) is 5.73. The maximum Gasteiger partial charge on any atom is 0.129 e. The molecule has 0 atom stereocenters. The minimum absolute atomic E-state index is 0.0914. The minimum atomic E-state index is -0.373. The number of hydrogen-bond donors (Lipinski definition) is 0. The van der Waals surface area contributed by atoms with Gasteiger partial charge in [0, 0.05) is 5.56 Å². The van der Waals surface area contributed by atoms with Crippen LogP contribution in [0.2, 0.25) is 0 Å². The lowest BCUT2D eigenvalue weighted by Gasteiger charge is -2.15.